The molecule has 1 amide bonds. The smallest absolute Gasteiger partial charge is 0.309 e. The summed E-state index contributed by atoms with van der Waals surface area (Å²) in [6.45, 7) is 1.93. The second-order valence-electron chi connectivity index (χ2n) is 4.39. The minimum atomic E-state index is -1.10. The van der Waals surface area contributed by atoms with Crippen LogP contribution < -0.4 is 4.90 Å². The van der Waals surface area contributed by atoms with E-state index in [4.69, 9.17) is 9.84 Å². The zero-order valence-electron chi connectivity index (χ0n) is 10.4. The Labute approximate surface area is 109 Å². The second-order valence-corrected chi connectivity index (χ2v) is 4.39. The summed E-state index contributed by atoms with van der Waals surface area (Å²) in [5.74, 6) is -2.94. The molecule has 1 heterocycles. The Bertz CT molecular complexity index is 505. The molecule has 0 saturated carbocycles. The van der Waals surface area contributed by atoms with E-state index in [1.807, 2.05) is 0 Å². The highest BCUT2D eigenvalue weighted by Gasteiger charge is 2.37. The molecule has 19 heavy (non-hydrogen) atoms. The number of rotatable bonds is 3. The zero-order valence-corrected chi connectivity index (χ0v) is 10.4. The lowest BCUT2D eigenvalue weighted by atomic mass is 10.0. The molecule has 0 aromatic heterocycles. The quantitative estimate of drug-likeness (QED) is 0.895. The van der Waals surface area contributed by atoms with Crippen molar-refractivity contribution in [2.24, 2.45) is 5.92 Å². The van der Waals surface area contributed by atoms with Crippen LogP contribution in [0.25, 0.3) is 0 Å². The van der Waals surface area contributed by atoms with Crippen LogP contribution in [0.3, 0.4) is 0 Å². The summed E-state index contributed by atoms with van der Waals surface area (Å²) in [4.78, 5) is 24.5. The largest absolute Gasteiger partial charge is 0.481 e. The van der Waals surface area contributed by atoms with Gasteiger partial charge in [0.2, 0.25) is 0 Å². The van der Waals surface area contributed by atoms with Gasteiger partial charge in [0.05, 0.1) is 12.5 Å². The number of amides is 1. The van der Waals surface area contributed by atoms with Gasteiger partial charge in [0.1, 0.15) is 11.9 Å². The van der Waals surface area contributed by atoms with E-state index < -0.39 is 29.7 Å². The number of carbonyl (C=O) groups is 2. The number of carboxylic acids is 1. The third-order valence-electron chi connectivity index (χ3n) is 3.09. The Morgan fingerprint density at radius 3 is 2.95 bits per heavy atom. The van der Waals surface area contributed by atoms with Gasteiger partial charge in [-0.25, -0.2) is 4.39 Å². The van der Waals surface area contributed by atoms with Crippen molar-refractivity contribution in [2.75, 3.05) is 18.1 Å². The first-order valence-electron chi connectivity index (χ1n) is 5.92. The molecule has 0 aliphatic carbocycles. The van der Waals surface area contributed by atoms with E-state index in [1.165, 1.54) is 30.0 Å². The molecule has 0 spiro atoms. The molecule has 2 unspecified atom stereocenters. The fourth-order valence-corrected chi connectivity index (χ4v) is 1.99. The second kappa shape index (κ2) is 5.36. The predicted octanol–water partition coefficient (Wildman–Crippen LogP) is 1.28. The number of halogens is 1. The maximum absolute atomic E-state index is 13.2. The maximum Gasteiger partial charge on any atom is 0.309 e. The van der Waals surface area contributed by atoms with Crippen molar-refractivity contribution in [1.82, 2.24) is 0 Å². The molecule has 5 nitrogen and oxygen atoms in total. The van der Waals surface area contributed by atoms with Crippen LogP contribution in [0.2, 0.25) is 0 Å². The topological polar surface area (TPSA) is 66.8 Å². The van der Waals surface area contributed by atoms with Crippen LogP contribution in [0.5, 0.6) is 0 Å². The molecular formula is C13H14FNO4. The van der Waals surface area contributed by atoms with Gasteiger partial charge in [0.25, 0.3) is 5.91 Å². The fraction of sp³-hybridized carbons (Fsp3) is 0.385. The van der Waals surface area contributed by atoms with E-state index >= 15 is 0 Å². The van der Waals surface area contributed by atoms with Crippen molar-refractivity contribution in [3.8, 4) is 0 Å². The van der Waals surface area contributed by atoms with Crippen molar-refractivity contribution < 1.29 is 23.8 Å². The standard InChI is InChI=1S/C13H14FNO4/c1-8(13(17)18)11-12(16)15(5-6-19-11)10-4-2-3-9(14)7-10/h2-4,7-8,11H,5-6H2,1H3,(H,17,18). The van der Waals surface area contributed by atoms with Crippen molar-refractivity contribution >= 4 is 17.6 Å². The first-order chi connectivity index (χ1) is 9.00. The van der Waals surface area contributed by atoms with Crippen molar-refractivity contribution in [1.29, 1.82) is 0 Å². The number of benzene rings is 1. The molecule has 0 radical (unpaired) electrons. The van der Waals surface area contributed by atoms with E-state index in [0.29, 0.717) is 5.69 Å². The van der Waals surface area contributed by atoms with Crippen LogP contribution in [0.4, 0.5) is 10.1 Å². The predicted molar refractivity (Wildman–Crippen MR) is 65.3 cm³/mol. The summed E-state index contributed by atoms with van der Waals surface area (Å²) in [5.41, 5.74) is 0.413. The van der Waals surface area contributed by atoms with Gasteiger partial charge in [-0.15, -0.1) is 0 Å². The molecular weight excluding hydrogens is 253 g/mol. The lowest BCUT2D eigenvalue weighted by Crippen LogP contribution is -2.51. The van der Waals surface area contributed by atoms with E-state index in [2.05, 4.69) is 0 Å². The number of nitrogens with zero attached hydrogens (tertiary/aromatic N) is 1. The van der Waals surface area contributed by atoms with Crippen LogP contribution >= 0.6 is 0 Å². The van der Waals surface area contributed by atoms with Crippen LogP contribution in [0.1, 0.15) is 6.92 Å². The monoisotopic (exact) mass is 267 g/mol. The van der Waals surface area contributed by atoms with Gasteiger partial charge < -0.3 is 14.7 Å². The van der Waals surface area contributed by atoms with Gasteiger partial charge in [0.15, 0.2) is 0 Å². The van der Waals surface area contributed by atoms with Gasteiger partial charge in [-0.1, -0.05) is 6.07 Å². The van der Waals surface area contributed by atoms with Gasteiger partial charge in [-0.3, -0.25) is 9.59 Å². The molecule has 1 aromatic carbocycles. The number of morpholine rings is 1. The molecule has 6 heteroatoms. The maximum atomic E-state index is 13.2. The number of aliphatic carboxylic acids is 1. The van der Waals surface area contributed by atoms with Crippen LogP contribution in [0, 0.1) is 11.7 Å². The Hall–Kier alpha value is -1.95. The average molecular weight is 267 g/mol. The van der Waals surface area contributed by atoms with E-state index in [0.717, 1.165) is 0 Å². The van der Waals surface area contributed by atoms with Crippen LogP contribution in [0.15, 0.2) is 24.3 Å². The van der Waals surface area contributed by atoms with Crippen molar-refractivity contribution in [2.45, 2.75) is 13.0 Å². The van der Waals surface area contributed by atoms with Gasteiger partial charge in [0, 0.05) is 12.2 Å². The number of hydrogen-bond donors (Lipinski definition) is 1. The molecule has 1 aliphatic rings. The fourth-order valence-electron chi connectivity index (χ4n) is 1.99. The summed E-state index contributed by atoms with van der Waals surface area (Å²) < 4.78 is 18.4. The summed E-state index contributed by atoms with van der Waals surface area (Å²) in [5, 5.41) is 8.94. The molecule has 0 bridgehead atoms. The van der Waals surface area contributed by atoms with E-state index in [1.54, 1.807) is 6.07 Å². The van der Waals surface area contributed by atoms with Crippen LogP contribution in [-0.2, 0) is 14.3 Å². The lowest BCUT2D eigenvalue weighted by molar-refractivity contribution is -0.154. The number of carbonyl (C=O) groups excluding carboxylic acids is 1. The minimum Gasteiger partial charge on any atom is -0.481 e. The third-order valence-corrected chi connectivity index (χ3v) is 3.09. The van der Waals surface area contributed by atoms with Crippen molar-refractivity contribution in [3.05, 3.63) is 30.1 Å². The summed E-state index contributed by atoms with van der Waals surface area (Å²) in [6.07, 6.45) is -1.03. The Kier molecular flexibility index (Phi) is 3.80. The Balaban J connectivity index is 2.23. The minimum absolute atomic E-state index is 0.227. The highest BCUT2D eigenvalue weighted by molar-refractivity contribution is 5.99. The molecule has 1 fully saturated rings. The normalized spacial score (nSPS) is 21.3. The zero-order chi connectivity index (χ0) is 14.0. The van der Waals surface area contributed by atoms with Crippen LogP contribution in [-0.4, -0.2) is 36.2 Å². The number of hydrogen-bond acceptors (Lipinski definition) is 3. The molecule has 2 atom stereocenters. The summed E-state index contributed by atoms with van der Waals surface area (Å²) >= 11 is 0. The molecule has 1 N–H and O–H groups in total. The number of ether oxygens (including phenoxy) is 1. The van der Waals surface area contributed by atoms with Gasteiger partial charge >= 0.3 is 5.97 Å². The molecule has 1 aromatic rings. The third kappa shape index (κ3) is 2.73. The SMILES string of the molecule is CC(C(=O)O)C1OCCN(c2cccc(F)c2)C1=O. The lowest BCUT2D eigenvalue weighted by Gasteiger charge is -2.34. The molecule has 1 aliphatic heterocycles. The van der Waals surface area contributed by atoms with Gasteiger partial charge in [-0.05, 0) is 25.1 Å². The number of anilines is 1. The van der Waals surface area contributed by atoms with Crippen molar-refractivity contribution in [3.63, 3.8) is 0 Å². The highest BCUT2D eigenvalue weighted by Crippen LogP contribution is 2.22. The first kappa shape index (κ1) is 13.5. The average Bonchev–Trinajstić information content (AvgIpc) is 2.38. The van der Waals surface area contributed by atoms with E-state index in [-0.39, 0.29) is 13.2 Å². The van der Waals surface area contributed by atoms with Gasteiger partial charge in [-0.2, -0.15) is 0 Å². The summed E-state index contributed by atoms with van der Waals surface area (Å²) in [7, 11) is 0. The van der Waals surface area contributed by atoms with E-state index in [9.17, 15) is 14.0 Å². The number of carboxylic acid groups (broad SMARTS) is 1. The highest BCUT2D eigenvalue weighted by atomic mass is 19.1. The summed E-state index contributed by atoms with van der Waals surface area (Å²) in [6, 6.07) is 5.63. The Morgan fingerprint density at radius 1 is 1.58 bits per heavy atom. The molecule has 102 valence electrons. The molecule has 1 saturated heterocycles. The molecule has 2 rings (SSSR count). The Morgan fingerprint density at radius 2 is 2.32 bits per heavy atom. The first-order valence-corrected chi connectivity index (χ1v) is 5.92.